The molecule has 0 saturated heterocycles. The van der Waals surface area contributed by atoms with E-state index in [1.165, 1.54) is 18.4 Å². The minimum absolute atomic E-state index is 0.489. The first-order chi connectivity index (χ1) is 5.65. The summed E-state index contributed by atoms with van der Waals surface area (Å²) in [6, 6.07) is 3.47. The van der Waals surface area contributed by atoms with Crippen LogP contribution in [0.2, 0.25) is 0 Å². The zero-order valence-corrected chi connectivity index (χ0v) is 7.13. The quantitative estimate of drug-likeness (QED) is 0.719. The third-order valence-electron chi connectivity index (χ3n) is 1.33. The van der Waals surface area contributed by atoms with E-state index in [1.54, 1.807) is 11.4 Å². The largest absolute Gasteiger partial charge is 0.465 e. The predicted molar refractivity (Wildman–Crippen MR) is 45.5 cm³/mol. The fourth-order valence-corrected chi connectivity index (χ4v) is 1.45. The Morgan fingerprint density at radius 1 is 1.83 bits per heavy atom. The number of rotatable bonds is 1. The van der Waals surface area contributed by atoms with Gasteiger partial charge in [0.1, 0.15) is 11.1 Å². The summed E-state index contributed by atoms with van der Waals surface area (Å²) in [6.07, 6.45) is -1.03. The van der Waals surface area contributed by atoms with Gasteiger partial charge >= 0.3 is 6.09 Å². The summed E-state index contributed by atoms with van der Waals surface area (Å²) in [5, 5.41) is 19.2. The van der Waals surface area contributed by atoms with Gasteiger partial charge in [0.05, 0.1) is 5.56 Å². The molecule has 0 saturated carbocycles. The van der Waals surface area contributed by atoms with Crippen molar-refractivity contribution in [2.24, 2.45) is 0 Å². The Hall–Kier alpha value is -1.54. The summed E-state index contributed by atoms with van der Waals surface area (Å²) in [5.74, 6) is 0. The highest BCUT2D eigenvalue weighted by Gasteiger charge is 2.10. The van der Waals surface area contributed by atoms with E-state index in [-0.39, 0.29) is 0 Å². The second-order valence-corrected chi connectivity index (χ2v) is 3.02. The van der Waals surface area contributed by atoms with Gasteiger partial charge in [-0.3, -0.25) is 4.90 Å². The fourth-order valence-electron chi connectivity index (χ4n) is 0.654. The van der Waals surface area contributed by atoms with Crippen molar-refractivity contribution in [3.63, 3.8) is 0 Å². The van der Waals surface area contributed by atoms with E-state index < -0.39 is 6.09 Å². The molecule has 1 aromatic heterocycles. The van der Waals surface area contributed by atoms with Gasteiger partial charge in [-0.1, -0.05) is 0 Å². The summed E-state index contributed by atoms with van der Waals surface area (Å²) in [4.78, 5) is 11.5. The first kappa shape index (κ1) is 8.56. The van der Waals surface area contributed by atoms with Gasteiger partial charge in [0.2, 0.25) is 0 Å². The summed E-state index contributed by atoms with van der Waals surface area (Å²) >= 11 is 1.23. The second-order valence-electron chi connectivity index (χ2n) is 2.13. The molecular weight excluding hydrogens is 176 g/mol. The van der Waals surface area contributed by atoms with E-state index in [1.807, 2.05) is 6.07 Å². The van der Waals surface area contributed by atoms with Gasteiger partial charge in [-0.15, -0.1) is 11.3 Å². The molecule has 0 aromatic carbocycles. The highest BCUT2D eigenvalue weighted by atomic mass is 32.1. The normalized spacial score (nSPS) is 9.00. The molecular formula is C7H6N2O2S. The molecule has 1 N–H and O–H groups in total. The summed E-state index contributed by atoms with van der Waals surface area (Å²) in [7, 11) is 1.44. The van der Waals surface area contributed by atoms with Crippen molar-refractivity contribution in [1.29, 1.82) is 5.26 Å². The lowest BCUT2D eigenvalue weighted by molar-refractivity contribution is 0.203. The Morgan fingerprint density at radius 2 is 2.50 bits per heavy atom. The Morgan fingerprint density at radius 3 is 2.92 bits per heavy atom. The molecule has 1 aromatic rings. The lowest BCUT2D eigenvalue weighted by Gasteiger charge is -2.08. The number of nitriles is 1. The molecule has 0 aliphatic rings. The SMILES string of the molecule is CN(C(=O)O)c1cc(C#N)cs1. The number of thiophene rings is 1. The van der Waals surface area contributed by atoms with Gasteiger partial charge in [-0.2, -0.15) is 5.26 Å². The van der Waals surface area contributed by atoms with Crippen LogP contribution in [0.3, 0.4) is 0 Å². The van der Waals surface area contributed by atoms with Crippen LogP contribution in [0.15, 0.2) is 11.4 Å². The average Bonchev–Trinajstić information content (AvgIpc) is 2.50. The van der Waals surface area contributed by atoms with E-state index in [2.05, 4.69) is 0 Å². The number of carbonyl (C=O) groups is 1. The van der Waals surface area contributed by atoms with Crippen LogP contribution < -0.4 is 4.90 Å². The number of carboxylic acid groups (broad SMARTS) is 1. The van der Waals surface area contributed by atoms with Crippen LogP contribution in [0, 0.1) is 11.3 Å². The summed E-state index contributed by atoms with van der Waals surface area (Å²) < 4.78 is 0. The highest BCUT2D eigenvalue weighted by Crippen LogP contribution is 2.23. The molecule has 0 radical (unpaired) electrons. The third-order valence-corrected chi connectivity index (χ3v) is 2.34. The maximum Gasteiger partial charge on any atom is 0.412 e. The zero-order valence-electron chi connectivity index (χ0n) is 6.31. The summed E-state index contributed by atoms with van der Waals surface area (Å²) in [5.41, 5.74) is 0.489. The highest BCUT2D eigenvalue weighted by molar-refractivity contribution is 7.14. The van der Waals surface area contributed by atoms with Crippen LogP contribution in [0.5, 0.6) is 0 Å². The fraction of sp³-hybridized carbons (Fsp3) is 0.143. The Balaban J connectivity index is 2.90. The molecule has 0 spiro atoms. The molecule has 5 heteroatoms. The first-order valence-electron chi connectivity index (χ1n) is 3.10. The van der Waals surface area contributed by atoms with Crippen molar-refractivity contribution < 1.29 is 9.90 Å². The predicted octanol–water partition coefficient (Wildman–Crippen LogP) is 1.73. The van der Waals surface area contributed by atoms with Crippen LogP contribution in [-0.4, -0.2) is 18.2 Å². The van der Waals surface area contributed by atoms with Crippen molar-refractivity contribution in [2.75, 3.05) is 11.9 Å². The molecule has 0 fully saturated rings. The van der Waals surface area contributed by atoms with E-state index in [0.29, 0.717) is 10.6 Å². The maximum absolute atomic E-state index is 10.4. The smallest absolute Gasteiger partial charge is 0.412 e. The number of hydrogen-bond acceptors (Lipinski definition) is 3. The van der Waals surface area contributed by atoms with E-state index >= 15 is 0 Å². The molecule has 1 heterocycles. The van der Waals surface area contributed by atoms with Crippen LogP contribution in [-0.2, 0) is 0 Å². The van der Waals surface area contributed by atoms with Crippen molar-refractivity contribution in [3.8, 4) is 6.07 Å². The maximum atomic E-state index is 10.4. The lowest BCUT2D eigenvalue weighted by atomic mass is 10.4. The minimum Gasteiger partial charge on any atom is -0.465 e. The number of anilines is 1. The zero-order chi connectivity index (χ0) is 9.14. The topological polar surface area (TPSA) is 64.3 Å². The van der Waals surface area contributed by atoms with Crippen LogP contribution in [0.4, 0.5) is 9.80 Å². The van der Waals surface area contributed by atoms with Crippen molar-refractivity contribution in [1.82, 2.24) is 0 Å². The van der Waals surface area contributed by atoms with Crippen molar-refractivity contribution in [3.05, 3.63) is 17.0 Å². The van der Waals surface area contributed by atoms with E-state index in [0.717, 1.165) is 4.90 Å². The molecule has 4 nitrogen and oxygen atoms in total. The van der Waals surface area contributed by atoms with E-state index in [4.69, 9.17) is 10.4 Å². The van der Waals surface area contributed by atoms with Gasteiger partial charge in [0, 0.05) is 12.4 Å². The second kappa shape index (κ2) is 3.24. The Kier molecular flexibility index (Phi) is 2.31. The molecule has 62 valence electrons. The number of hydrogen-bond donors (Lipinski definition) is 1. The molecule has 0 unspecified atom stereocenters. The molecule has 0 aliphatic carbocycles. The van der Waals surface area contributed by atoms with Gasteiger partial charge in [-0.25, -0.2) is 4.79 Å². The van der Waals surface area contributed by atoms with E-state index in [9.17, 15) is 4.79 Å². The minimum atomic E-state index is -1.03. The van der Waals surface area contributed by atoms with Crippen molar-refractivity contribution >= 4 is 22.4 Å². The lowest BCUT2D eigenvalue weighted by Crippen LogP contribution is -2.22. The van der Waals surface area contributed by atoms with Crippen LogP contribution >= 0.6 is 11.3 Å². The van der Waals surface area contributed by atoms with Gasteiger partial charge in [0.25, 0.3) is 0 Å². The summed E-state index contributed by atoms with van der Waals surface area (Å²) in [6.45, 7) is 0. The molecule has 0 bridgehead atoms. The van der Waals surface area contributed by atoms with Gasteiger partial charge in [0.15, 0.2) is 0 Å². The Labute approximate surface area is 73.3 Å². The molecule has 1 amide bonds. The van der Waals surface area contributed by atoms with Crippen LogP contribution in [0.25, 0.3) is 0 Å². The molecule has 0 aliphatic heterocycles. The van der Waals surface area contributed by atoms with Crippen molar-refractivity contribution in [2.45, 2.75) is 0 Å². The molecule has 1 rings (SSSR count). The monoisotopic (exact) mass is 182 g/mol. The van der Waals surface area contributed by atoms with Crippen LogP contribution in [0.1, 0.15) is 5.56 Å². The average molecular weight is 182 g/mol. The Bertz CT molecular complexity index is 339. The number of amides is 1. The first-order valence-corrected chi connectivity index (χ1v) is 3.98. The number of nitrogens with zero attached hydrogens (tertiary/aromatic N) is 2. The molecule has 12 heavy (non-hydrogen) atoms. The molecule has 0 atom stereocenters. The standard InChI is InChI=1S/C7H6N2O2S/c1-9(7(10)11)6-2-5(3-8)4-12-6/h2,4H,1H3,(H,10,11). The third kappa shape index (κ3) is 1.54. The van der Waals surface area contributed by atoms with Gasteiger partial charge in [-0.05, 0) is 6.07 Å². The van der Waals surface area contributed by atoms with Gasteiger partial charge < -0.3 is 5.11 Å².